The highest BCUT2D eigenvalue weighted by Crippen LogP contribution is 2.18. The summed E-state index contributed by atoms with van der Waals surface area (Å²) < 4.78 is 0. The van der Waals surface area contributed by atoms with Crippen LogP contribution in [0.5, 0.6) is 0 Å². The molecule has 3 aromatic rings. The predicted octanol–water partition coefficient (Wildman–Crippen LogP) is 3.22. The molecular formula is C20H20N2O2S. The molecule has 0 saturated carbocycles. The van der Waals surface area contributed by atoms with E-state index in [0.29, 0.717) is 6.54 Å². The van der Waals surface area contributed by atoms with Crippen molar-refractivity contribution in [1.82, 2.24) is 10.2 Å². The van der Waals surface area contributed by atoms with Crippen LogP contribution in [0.15, 0.2) is 60.0 Å². The van der Waals surface area contributed by atoms with E-state index in [-0.39, 0.29) is 24.8 Å². The second-order valence-electron chi connectivity index (χ2n) is 5.92. The van der Waals surface area contributed by atoms with Gasteiger partial charge in [0.2, 0.25) is 11.8 Å². The summed E-state index contributed by atoms with van der Waals surface area (Å²) in [5.41, 5.74) is 0.968. The second kappa shape index (κ2) is 7.94. The highest BCUT2D eigenvalue weighted by Gasteiger charge is 2.12. The van der Waals surface area contributed by atoms with Crippen LogP contribution in [0.2, 0.25) is 0 Å². The quantitative estimate of drug-likeness (QED) is 0.740. The molecule has 0 aliphatic heterocycles. The third kappa shape index (κ3) is 4.45. The van der Waals surface area contributed by atoms with E-state index in [4.69, 9.17) is 0 Å². The summed E-state index contributed by atoms with van der Waals surface area (Å²) in [7, 11) is 1.75. The molecule has 0 unspecified atom stereocenters. The molecule has 0 aliphatic carbocycles. The lowest BCUT2D eigenvalue weighted by atomic mass is 10.0. The molecule has 1 N–H and O–H groups in total. The van der Waals surface area contributed by atoms with E-state index < -0.39 is 0 Å². The number of nitrogens with one attached hydrogen (secondary N) is 1. The zero-order valence-electron chi connectivity index (χ0n) is 14.1. The molecule has 1 aromatic heterocycles. The molecule has 3 rings (SSSR count). The minimum absolute atomic E-state index is 0.0193. The van der Waals surface area contributed by atoms with Gasteiger partial charge in [0.1, 0.15) is 0 Å². The van der Waals surface area contributed by atoms with E-state index in [1.54, 1.807) is 23.3 Å². The number of fused-ring (bicyclic) bond motifs is 1. The van der Waals surface area contributed by atoms with Gasteiger partial charge in [0.25, 0.3) is 0 Å². The number of carbonyl (C=O) groups is 2. The van der Waals surface area contributed by atoms with Crippen molar-refractivity contribution < 1.29 is 9.59 Å². The Hall–Kier alpha value is -2.66. The number of rotatable bonds is 6. The van der Waals surface area contributed by atoms with E-state index in [1.807, 2.05) is 60.0 Å². The Morgan fingerprint density at radius 1 is 1.04 bits per heavy atom. The topological polar surface area (TPSA) is 49.4 Å². The van der Waals surface area contributed by atoms with E-state index >= 15 is 0 Å². The van der Waals surface area contributed by atoms with Crippen molar-refractivity contribution in [2.24, 2.45) is 0 Å². The zero-order chi connectivity index (χ0) is 17.6. The van der Waals surface area contributed by atoms with Crippen LogP contribution in [0.4, 0.5) is 0 Å². The summed E-state index contributed by atoms with van der Waals surface area (Å²) in [5.74, 6) is -0.242. The van der Waals surface area contributed by atoms with Gasteiger partial charge in [-0.2, -0.15) is 0 Å². The molecule has 0 aliphatic rings. The minimum Gasteiger partial charge on any atom is -0.347 e. The Balaban J connectivity index is 1.54. The van der Waals surface area contributed by atoms with Gasteiger partial charge in [-0.3, -0.25) is 9.59 Å². The molecule has 0 bridgehead atoms. The van der Waals surface area contributed by atoms with Crippen LogP contribution in [0, 0.1) is 0 Å². The molecule has 0 fully saturated rings. The number of nitrogens with zero attached hydrogens (tertiary/aromatic N) is 1. The maximum Gasteiger partial charge on any atom is 0.242 e. The van der Waals surface area contributed by atoms with Crippen molar-refractivity contribution in [3.63, 3.8) is 0 Å². The number of hydrogen-bond donors (Lipinski definition) is 1. The summed E-state index contributed by atoms with van der Waals surface area (Å²) in [5, 5.41) is 6.90. The van der Waals surface area contributed by atoms with Crippen LogP contribution < -0.4 is 5.32 Å². The summed E-state index contributed by atoms with van der Waals surface area (Å²) in [4.78, 5) is 27.1. The van der Waals surface area contributed by atoms with Gasteiger partial charge in [-0.15, -0.1) is 11.3 Å². The first-order chi connectivity index (χ1) is 12.1. The number of benzene rings is 2. The fourth-order valence-electron chi connectivity index (χ4n) is 2.72. The molecule has 25 heavy (non-hydrogen) atoms. The average molecular weight is 352 g/mol. The monoisotopic (exact) mass is 352 g/mol. The number of thiophene rings is 1. The van der Waals surface area contributed by atoms with Crippen LogP contribution in [0.25, 0.3) is 10.8 Å². The van der Waals surface area contributed by atoms with Gasteiger partial charge in [-0.1, -0.05) is 48.5 Å². The van der Waals surface area contributed by atoms with Gasteiger partial charge in [0, 0.05) is 11.9 Å². The van der Waals surface area contributed by atoms with Crippen LogP contribution in [-0.4, -0.2) is 30.3 Å². The standard InChI is InChI=1S/C20H20N2O2S/c1-22(14-17-9-5-11-25-17)20(24)13-21-19(23)12-16-8-4-7-15-6-2-3-10-18(15)16/h2-11H,12-14H2,1H3,(H,21,23). The van der Waals surface area contributed by atoms with Gasteiger partial charge < -0.3 is 10.2 Å². The van der Waals surface area contributed by atoms with E-state index in [2.05, 4.69) is 5.32 Å². The van der Waals surface area contributed by atoms with E-state index in [9.17, 15) is 9.59 Å². The molecule has 128 valence electrons. The second-order valence-corrected chi connectivity index (χ2v) is 6.95. The molecule has 0 saturated heterocycles. The first kappa shape index (κ1) is 17.2. The van der Waals surface area contributed by atoms with E-state index in [0.717, 1.165) is 21.2 Å². The summed E-state index contributed by atoms with van der Waals surface area (Å²) in [6.07, 6.45) is 0.267. The van der Waals surface area contributed by atoms with E-state index in [1.165, 1.54) is 0 Å². The van der Waals surface area contributed by atoms with Crippen molar-refractivity contribution in [2.75, 3.05) is 13.6 Å². The van der Waals surface area contributed by atoms with Gasteiger partial charge in [0.05, 0.1) is 19.5 Å². The molecule has 2 amide bonds. The largest absolute Gasteiger partial charge is 0.347 e. The fraction of sp³-hybridized carbons (Fsp3) is 0.200. The lowest BCUT2D eigenvalue weighted by Gasteiger charge is -2.16. The molecule has 0 spiro atoms. The first-order valence-electron chi connectivity index (χ1n) is 8.13. The third-order valence-corrected chi connectivity index (χ3v) is 4.93. The van der Waals surface area contributed by atoms with Crippen molar-refractivity contribution in [2.45, 2.75) is 13.0 Å². The average Bonchev–Trinajstić information content (AvgIpc) is 3.13. The summed E-state index contributed by atoms with van der Waals surface area (Å²) >= 11 is 1.61. The molecular weight excluding hydrogens is 332 g/mol. The zero-order valence-corrected chi connectivity index (χ0v) is 14.9. The predicted molar refractivity (Wildman–Crippen MR) is 101 cm³/mol. The van der Waals surface area contributed by atoms with Gasteiger partial charge >= 0.3 is 0 Å². The van der Waals surface area contributed by atoms with Crippen molar-refractivity contribution in [1.29, 1.82) is 0 Å². The van der Waals surface area contributed by atoms with Crippen molar-refractivity contribution in [3.8, 4) is 0 Å². The molecule has 5 heteroatoms. The minimum atomic E-state index is -0.144. The maximum absolute atomic E-state index is 12.2. The van der Waals surface area contributed by atoms with Crippen LogP contribution in [0.1, 0.15) is 10.4 Å². The number of amides is 2. The smallest absolute Gasteiger partial charge is 0.242 e. The summed E-state index contributed by atoms with van der Waals surface area (Å²) in [6, 6.07) is 17.9. The molecule has 1 heterocycles. The maximum atomic E-state index is 12.2. The normalized spacial score (nSPS) is 10.6. The fourth-order valence-corrected chi connectivity index (χ4v) is 3.47. The number of likely N-dealkylation sites (N-methyl/N-ethyl adjacent to an activating group) is 1. The SMILES string of the molecule is CN(Cc1cccs1)C(=O)CNC(=O)Cc1cccc2ccccc12. The Bertz CT molecular complexity index is 869. The van der Waals surface area contributed by atoms with Gasteiger partial charge in [-0.05, 0) is 27.8 Å². The Labute approximate surface area is 151 Å². The number of hydrogen-bond acceptors (Lipinski definition) is 3. The Kier molecular flexibility index (Phi) is 5.46. The van der Waals surface area contributed by atoms with Crippen molar-refractivity contribution in [3.05, 3.63) is 70.4 Å². The Morgan fingerprint density at radius 3 is 2.64 bits per heavy atom. The van der Waals surface area contributed by atoms with Gasteiger partial charge in [0.15, 0.2) is 0 Å². The van der Waals surface area contributed by atoms with Crippen molar-refractivity contribution >= 4 is 33.9 Å². The third-order valence-electron chi connectivity index (χ3n) is 4.07. The lowest BCUT2D eigenvalue weighted by Crippen LogP contribution is -2.38. The highest BCUT2D eigenvalue weighted by molar-refractivity contribution is 7.09. The highest BCUT2D eigenvalue weighted by atomic mass is 32.1. The van der Waals surface area contributed by atoms with Gasteiger partial charge in [-0.25, -0.2) is 0 Å². The Morgan fingerprint density at radius 2 is 1.84 bits per heavy atom. The van der Waals surface area contributed by atoms with Crippen LogP contribution in [0.3, 0.4) is 0 Å². The molecule has 0 radical (unpaired) electrons. The number of carbonyl (C=O) groups excluding carboxylic acids is 2. The van der Waals surface area contributed by atoms with Crippen LogP contribution >= 0.6 is 11.3 Å². The molecule has 2 aromatic carbocycles. The lowest BCUT2D eigenvalue weighted by molar-refractivity contribution is -0.132. The first-order valence-corrected chi connectivity index (χ1v) is 9.01. The van der Waals surface area contributed by atoms with Crippen LogP contribution in [-0.2, 0) is 22.6 Å². The molecule has 4 nitrogen and oxygen atoms in total. The summed E-state index contributed by atoms with van der Waals surface area (Å²) in [6.45, 7) is 0.584. The molecule has 0 atom stereocenters.